The van der Waals surface area contributed by atoms with Crippen molar-refractivity contribution in [1.82, 2.24) is 0 Å². The largest absolute Gasteiger partial charge is 0.142 e. The summed E-state index contributed by atoms with van der Waals surface area (Å²) >= 11 is 5.09. The second-order valence-corrected chi connectivity index (χ2v) is 6.70. The van der Waals surface area contributed by atoms with E-state index < -0.39 is 0 Å². The van der Waals surface area contributed by atoms with Gasteiger partial charge in [0.1, 0.15) is 0 Å². The van der Waals surface area contributed by atoms with Crippen LogP contribution >= 0.6 is 34.0 Å². The normalized spacial score (nSPS) is 10.0. The fourth-order valence-electron chi connectivity index (χ4n) is 1.81. The van der Waals surface area contributed by atoms with Crippen molar-refractivity contribution in [3.8, 4) is 44.2 Å². The molecule has 0 aliphatic heterocycles. The standard InChI is InChI=1S/C16H8S3/c1-3-11-7-9-17-15(11)13-5-6-14(19-13)16-12(4-2)8-10-18-16/h1-2,5-10H. The number of rotatable bonds is 2. The summed E-state index contributed by atoms with van der Waals surface area (Å²) in [6.07, 6.45) is 11.0. The first-order valence-corrected chi connectivity index (χ1v) is 8.10. The Morgan fingerprint density at radius 3 is 1.63 bits per heavy atom. The minimum absolute atomic E-state index is 0.960. The topological polar surface area (TPSA) is 0 Å². The molecule has 0 amide bonds. The molecule has 0 bridgehead atoms. The molecular formula is C16H8S3. The Hall–Kier alpha value is -1.78. The molecule has 0 aliphatic rings. The van der Waals surface area contributed by atoms with Gasteiger partial charge in [0.05, 0.1) is 9.75 Å². The van der Waals surface area contributed by atoms with Gasteiger partial charge in [-0.1, -0.05) is 11.8 Å². The molecule has 3 aromatic rings. The summed E-state index contributed by atoms with van der Waals surface area (Å²) in [6, 6.07) is 8.20. The zero-order chi connectivity index (χ0) is 13.2. The molecule has 0 nitrogen and oxygen atoms in total. The van der Waals surface area contributed by atoms with Crippen LogP contribution in [0.1, 0.15) is 11.1 Å². The Balaban J connectivity index is 2.06. The van der Waals surface area contributed by atoms with Crippen molar-refractivity contribution in [2.75, 3.05) is 0 Å². The number of hydrogen-bond acceptors (Lipinski definition) is 3. The highest BCUT2D eigenvalue weighted by molar-refractivity contribution is 7.26. The molecule has 0 atom stereocenters. The van der Waals surface area contributed by atoms with Gasteiger partial charge in [-0.3, -0.25) is 0 Å². The van der Waals surface area contributed by atoms with E-state index in [9.17, 15) is 0 Å². The summed E-state index contributed by atoms with van der Waals surface area (Å²) in [6.45, 7) is 0. The minimum Gasteiger partial charge on any atom is -0.142 e. The van der Waals surface area contributed by atoms with Crippen LogP contribution in [0.25, 0.3) is 19.5 Å². The van der Waals surface area contributed by atoms with E-state index in [-0.39, 0.29) is 0 Å². The van der Waals surface area contributed by atoms with Gasteiger partial charge in [0.25, 0.3) is 0 Å². The third-order valence-electron chi connectivity index (χ3n) is 2.70. The van der Waals surface area contributed by atoms with Crippen LogP contribution in [0.4, 0.5) is 0 Å². The first-order valence-electron chi connectivity index (χ1n) is 5.52. The Morgan fingerprint density at radius 1 is 0.737 bits per heavy atom. The molecule has 0 spiro atoms. The van der Waals surface area contributed by atoms with Gasteiger partial charge in [-0.2, -0.15) is 0 Å². The SMILES string of the molecule is C#Cc1ccsc1-c1ccc(-c2sccc2C#C)s1. The predicted octanol–water partition coefficient (Wildman–Crippen LogP) is 5.17. The Kier molecular flexibility index (Phi) is 3.27. The van der Waals surface area contributed by atoms with E-state index >= 15 is 0 Å². The van der Waals surface area contributed by atoms with Crippen LogP contribution in [0.15, 0.2) is 35.0 Å². The summed E-state index contributed by atoms with van der Waals surface area (Å²) in [7, 11) is 0. The van der Waals surface area contributed by atoms with Crippen molar-refractivity contribution in [2.45, 2.75) is 0 Å². The zero-order valence-electron chi connectivity index (χ0n) is 9.84. The second-order valence-electron chi connectivity index (χ2n) is 3.78. The summed E-state index contributed by atoms with van der Waals surface area (Å²) < 4.78 is 0. The third kappa shape index (κ3) is 2.13. The minimum atomic E-state index is 0.960. The molecule has 0 fully saturated rings. The third-order valence-corrected chi connectivity index (χ3v) is 5.97. The lowest BCUT2D eigenvalue weighted by Gasteiger charge is -1.94. The van der Waals surface area contributed by atoms with Gasteiger partial charge in [0.15, 0.2) is 0 Å². The van der Waals surface area contributed by atoms with Crippen LogP contribution in [0, 0.1) is 24.7 Å². The van der Waals surface area contributed by atoms with E-state index in [2.05, 4.69) is 24.0 Å². The van der Waals surface area contributed by atoms with Gasteiger partial charge in [-0.05, 0) is 35.0 Å². The van der Waals surface area contributed by atoms with E-state index in [0.29, 0.717) is 0 Å². The Labute approximate surface area is 124 Å². The van der Waals surface area contributed by atoms with Crippen molar-refractivity contribution in [3.63, 3.8) is 0 Å². The van der Waals surface area contributed by atoms with Crippen molar-refractivity contribution in [2.24, 2.45) is 0 Å². The quantitative estimate of drug-likeness (QED) is 0.572. The fraction of sp³-hybridized carbons (Fsp3) is 0. The van der Waals surface area contributed by atoms with E-state index in [4.69, 9.17) is 12.8 Å². The summed E-state index contributed by atoms with van der Waals surface area (Å²) in [5.74, 6) is 5.46. The van der Waals surface area contributed by atoms with Crippen molar-refractivity contribution in [1.29, 1.82) is 0 Å². The fourth-order valence-corrected chi connectivity index (χ4v) is 4.82. The monoisotopic (exact) mass is 296 g/mol. The smallest absolute Gasteiger partial charge is 0.0599 e. The van der Waals surface area contributed by atoms with Crippen LogP contribution in [-0.4, -0.2) is 0 Å². The average Bonchev–Trinajstić information content (AvgIpc) is 3.16. The second kappa shape index (κ2) is 5.07. The first kappa shape index (κ1) is 12.3. The van der Waals surface area contributed by atoms with Crippen LogP contribution in [-0.2, 0) is 0 Å². The van der Waals surface area contributed by atoms with Gasteiger partial charge in [0.2, 0.25) is 0 Å². The van der Waals surface area contributed by atoms with Gasteiger partial charge in [-0.25, -0.2) is 0 Å². The van der Waals surface area contributed by atoms with Crippen molar-refractivity contribution >= 4 is 34.0 Å². The lowest BCUT2D eigenvalue weighted by molar-refractivity contribution is 1.82. The van der Waals surface area contributed by atoms with Crippen LogP contribution in [0.2, 0.25) is 0 Å². The number of thiophene rings is 3. The number of hydrogen-bond donors (Lipinski definition) is 0. The molecule has 3 heterocycles. The summed E-state index contributed by atoms with van der Waals surface area (Å²) in [5.41, 5.74) is 1.92. The summed E-state index contributed by atoms with van der Waals surface area (Å²) in [5, 5.41) is 4.06. The van der Waals surface area contributed by atoms with E-state index in [0.717, 1.165) is 20.9 Å². The van der Waals surface area contributed by atoms with Crippen molar-refractivity contribution in [3.05, 3.63) is 46.2 Å². The lowest BCUT2D eigenvalue weighted by atomic mass is 10.2. The van der Waals surface area contributed by atoms with Gasteiger partial charge in [-0.15, -0.1) is 46.9 Å². The van der Waals surface area contributed by atoms with E-state index in [1.165, 1.54) is 9.75 Å². The summed E-state index contributed by atoms with van der Waals surface area (Å²) in [4.78, 5) is 4.73. The molecule has 0 N–H and O–H groups in total. The van der Waals surface area contributed by atoms with E-state index in [1.807, 2.05) is 22.9 Å². The molecule has 3 heteroatoms. The Bertz CT molecular complexity index is 733. The highest BCUT2D eigenvalue weighted by Crippen LogP contribution is 2.40. The molecular weight excluding hydrogens is 288 g/mol. The highest BCUT2D eigenvalue weighted by Gasteiger charge is 2.12. The van der Waals surface area contributed by atoms with Crippen LogP contribution < -0.4 is 0 Å². The van der Waals surface area contributed by atoms with Gasteiger partial charge in [0, 0.05) is 20.9 Å². The maximum absolute atomic E-state index is 5.52. The van der Waals surface area contributed by atoms with E-state index in [1.54, 1.807) is 34.0 Å². The van der Waals surface area contributed by atoms with Gasteiger partial charge >= 0.3 is 0 Å². The molecule has 0 radical (unpaired) electrons. The lowest BCUT2D eigenvalue weighted by Crippen LogP contribution is -1.70. The van der Waals surface area contributed by atoms with Crippen LogP contribution in [0.3, 0.4) is 0 Å². The molecule has 0 aliphatic carbocycles. The molecule has 90 valence electrons. The maximum Gasteiger partial charge on any atom is 0.0599 e. The molecule has 3 aromatic heterocycles. The molecule has 0 aromatic carbocycles. The maximum atomic E-state index is 5.52. The average molecular weight is 296 g/mol. The molecule has 3 rings (SSSR count). The zero-order valence-corrected chi connectivity index (χ0v) is 12.3. The molecule has 0 saturated heterocycles. The predicted molar refractivity (Wildman–Crippen MR) is 86.8 cm³/mol. The molecule has 0 saturated carbocycles. The molecule has 0 unspecified atom stereocenters. The molecule has 19 heavy (non-hydrogen) atoms. The Morgan fingerprint density at radius 2 is 1.21 bits per heavy atom. The number of terminal acetylenes is 2. The van der Waals surface area contributed by atoms with Crippen molar-refractivity contribution < 1.29 is 0 Å². The van der Waals surface area contributed by atoms with Gasteiger partial charge < -0.3 is 0 Å². The highest BCUT2D eigenvalue weighted by atomic mass is 32.1. The van der Waals surface area contributed by atoms with Crippen LogP contribution in [0.5, 0.6) is 0 Å². The first-order chi connectivity index (χ1) is 9.33.